The van der Waals surface area contributed by atoms with Crippen molar-refractivity contribution in [2.75, 3.05) is 19.7 Å². The van der Waals surface area contributed by atoms with Crippen LogP contribution in [0.25, 0.3) is 0 Å². The zero-order chi connectivity index (χ0) is 42.6. The van der Waals surface area contributed by atoms with Crippen LogP contribution in [0.1, 0.15) is 33.6 Å². The number of hydrazone groups is 2. The Morgan fingerprint density at radius 1 is 0.947 bits per heavy atom. The molecule has 0 saturated carbocycles. The van der Waals surface area contributed by atoms with Crippen molar-refractivity contribution in [3.05, 3.63) is 23.3 Å². The lowest BCUT2D eigenvalue weighted by Crippen LogP contribution is -2.65. The number of aliphatic hydroxyl groups excluding tert-OH is 3. The van der Waals surface area contributed by atoms with Gasteiger partial charge in [-0.2, -0.15) is 18.6 Å². The normalized spacial score (nSPS) is 24.4. The Bertz CT molecular complexity index is 1820. The summed E-state index contributed by atoms with van der Waals surface area (Å²) in [6.45, 7) is 1.88. The maximum atomic E-state index is 12.5. The lowest BCUT2D eigenvalue weighted by Gasteiger charge is -2.43. The Labute approximate surface area is 322 Å². The molecule has 27 heteroatoms. The molecule has 0 spiro atoms. The van der Waals surface area contributed by atoms with Crippen LogP contribution in [0.4, 0.5) is 0 Å². The maximum Gasteiger partial charge on any atom is 0.397 e. The molecule has 0 radical (unpaired) electrons. The Hall–Kier alpha value is -5.39. The molecule has 0 aromatic carbocycles. The SMILES string of the molecule is CC(=O)NC1C(O)OC(COS(=O)(=O)O)C(O)C1OC(/C=N\NC(=O)CCN1C(=O)C=C(C)C1=O)OC(OC=O)C(O)/C=N/NC(=O)CCN1C(=O)C=C(C)C1=O. The van der Waals surface area contributed by atoms with E-state index in [0.29, 0.717) is 12.4 Å². The molecule has 0 aromatic rings. The largest absolute Gasteiger partial charge is 0.435 e. The highest BCUT2D eigenvalue weighted by Crippen LogP contribution is 2.25. The lowest BCUT2D eigenvalue weighted by atomic mass is 9.96. The van der Waals surface area contributed by atoms with Crippen molar-refractivity contribution in [1.29, 1.82) is 0 Å². The van der Waals surface area contributed by atoms with Gasteiger partial charge in [-0.1, -0.05) is 0 Å². The Kier molecular flexibility index (Phi) is 16.7. The molecule has 1 saturated heterocycles. The average Bonchev–Trinajstić information content (AvgIpc) is 3.52. The summed E-state index contributed by atoms with van der Waals surface area (Å²) in [5.74, 6) is -4.98. The number of nitrogens with one attached hydrogen (secondary N) is 3. The van der Waals surface area contributed by atoms with E-state index in [2.05, 4.69) is 19.7 Å². The van der Waals surface area contributed by atoms with Crippen LogP contribution in [0.5, 0.6) is 0 Å². The quantitative estimate of drug-likeness (QED) is 0.0142. The first-order valence-electron chi connectivity index (χ1n) is 16.4. The summed E-state index contributed by atoms with van der Waals surface area (Å²) in [6.07, 6.45) is -11.4. The van der Waals surface area contributed by atoms with Crippen molar-refractivity contribution in [1.82, 2.24) is 26.0 Å². The third-order valence-corrected chi connectivity index (χ3v) is 8.21. The smallest absolute Gasteiger partial charge is 0.397 e. The van der Waals surface area contributed by atoms with Gasteiger partial charge in [0.2, 0.25) is 24.0 Å². The van der Waals surface area contributed by atoms with E-state index < -0.39 is 121 Å². The molecule has 57 heavy (non-hydrogen) atoms. The molecule has 7 amide bonds. The van der Waals surface area contributed by atoms with Gasteiger partial charge in [-0.25, -0.2) is 15.0 Å². The molecule has 0 aliphatic carbocycles. The van der Waals surface area contributed by atoms with Gasteiger partial charge in [-0.05, 0) is 13.8 Å². The number of imide groups is 2. The second-order valence-corrected chi connectivity index (χ2v) is 13.2. The number of rotatable bonds is 21. The molecular weight excluding hydrogens is 794 g/mol. The zero-order valence-corrected chi connectivity index (χ0v) is 31.0. The van der Waals surface area contributed by atoms with E-state index >= 15 is 0 Å². The highest BCUT2D eigenvalue weighted by Gasteiger charge is 2.48. The van der Waals surface area contributed by atoms with Gasteiger partial charge in [0, 0.05) is 56.2 Å². The van der Waals surface area contributed by atoms with Crippen LogP contribution in [-0.2, 0) is 71.9 Å². The highest BCUT2D eigenvalue weighted by atomic mass is 32.3. The number of hydrogen-bond donors (Lipinski definition) is 7. The molecule has 314 valence electrons. The average molecular weight is 834 g/mol. The van der Waals surface area contributed by atoms with Gasteiger partial charge in [0.15, 0.2) is 18.7 Å². The fourth-order valence-corrected chi connectivity index (χ4v) is 5.38. The number of ether oxygens (including phenoxy) is 4. The minimum absolute atomic E-state index is 0.155. The monoisotopic (exact) mass is 833 g/mol. The molecule has 8 atom stereocenters. The molecule has 0 bridgehead atoms. The van der Waals surface area contributed by atoms with E-state index in [1.165, 1.54) is 13.8 Å². The molecule has 1 fully saturated rings. The Morgan fingerprint density at radius 3 is 1.93 bits per heavy atom. The van der Waals surface area contributed by atoms with E-state index in [0.717, 1.165) is 28.9 Å². The van der Waals surface area contributed by atoms with Gasteiger partial charge in [0.1, 0.15) is 24.4 Å². The summed E-state index contributed by atoms with van der Waals surface area (Å²) in [5, 5.41) is 41.7. The summed E-state index contributed by atoms with van der Waals surface area (Å²) < 4.78 is 56.6. The van der Waals surface area contributed by atoms with Crippen molar-refractivity contribution in [2.24, 2.45) is 10.2 Å². The van der Waals surface area contributed by atoms with Crippen molar-refractivity contribution >= 4 is 70.7 Å². The molecule has 0 aromatic heterocycles. The third kappa shape index (κ3) is 13.6. The van der Waals surface area contributed by atoms with Gasteiger partial charge in [0.25, 0.3) is 30.1 Å². The van der Waals surface area contributed by atoms with Crippen LogP contribution in [0.15, 0.2) is 33.5 Å². The molecule has 3 heterocycles. The fourth-order valence-electron chi connectivity index (χ4n) is 5.08. The summed E-state index contributed by atoms with van der Waals surface area (Å²) in [4.78, 5) is 97.7. The first-order chi connectivity index (χ1) is 26.7. The van der Waals surface area contributed by atoms with Crippen LogP contribution in [0.2, 0.25) is 0 Å². The van der Waals surface area contributed by atoms with Crippen LogP contribution < -0.4 is 16.2 Å². The highest BCUT2D eigenvalue weighted by molar-refractivity contribution is 7.80. The summed E-state index contributed by atoms with van der Waals surface area (Å²) >= 11 is 0. The lowest BCUT2D eigenvalue weighted by molar-refractivity contribution is -0.295. The van der Waals surface area contributed by atoms with Crippen molar-refractivity contribution in [3.63, 3.8) is 0 Å². The summed E-state index contributed by atoms with van der Waals surface area (Å²) in [6, 6.07) is -1.68. The summed E-state index contributed by atoms with van der Waals surface area (Å²) in [5.41, 5.74) is 4.37. The van der Waals surface area contributed by atoms with E-state index in [1.54, 1.807) is 0 Å². The summed E-state index contributed by atoms with van der Waals surface area (Å²) in [7, 11) is -5.10. The van der Waals surface area contributed by atoms with Crippen LogP contribution in [-0.4, -0.2) is 167 Å². The molecule has 8 unspecified atom stereocenters. The molecule has 7 N–H and O–H groups in total. The van der Waals surface area contributed by atoms with Gasteiger partial charge in [-0.3, -0.25) is 52.7 Å². The van der Waals surface area contributed by atoms with Gasteiger partial charge in [-0.15, -0.1) is 0 Å². The number of aliphatic hydroxyl groups is 3. The van der Waals surface area contributed by atoms with Crippen molar-refractivity contribution in [2.45, 2.75) is 82.9 Å². The number of hydrogen-bond acceptors (Lipinski definition) is 20. The minimum atomic E-state index is -5.10. The van der Waals surface area contributed by atoms with Gasteiger partial charge >= 0.3 is 10.4 Å². The standard InChI is InChI=1S/C30H39N7O19S/c1-14-8-21(43)36(27(14)46)6-4-19(41)34-31-10-17(40)30(52-13-38)56-23(11-32-35-20(42)5-7-37-22(44)9-15(2)28(37)47)55-26-24(33-16(3)39)29(48)54-18(25(26)45)12-53-57(49,50)51/h8-11,13,17-18,23-26,29-30,40,45,48H,4-7,12H2,1-3H3,(H,33,39)(H,34,41)(H,35,42)(H,49,50,51)/b31-10+,32-11-. The topological polar surface area (TPSA) is 365 Å². The fraction of sp³-hybridized carbons (Fsp3) is 0.533. The molecule has 26 nitrogen and oxygen atoms in total. The van der Waals surface area contributed by atoms with E-state index in [-0.39, 0.29) is 30.7 Å². The Morgan fingerprint density at radius 2 is 1.47 bits per heavy atom. The van der Waals surface area contributed by atoms with Crippen LogP contribution >= 0.6 is 0 Å². The Balaban J connectivity index is 1.79. The maximum absolute atomic E-state index is 12.5. The number of nitrogens with zero attached hydrogens (tertiary/aromatic N) is 4. The van der Waals surface area contributed by atoms with E-state index in [1.807, 2.05) is 10.9 Å². The predicted molar refractivity (Wildman–Crippen MR) is 182 cm³/mol. The second-order valence-electron chi connectivity index (χ2n) is 12.1. The van der Waals surface area contributed by atoms with Crippen molar-refractivity contribution < 1.29 is 89.8 Å². The third-order valence-electron chi connectivity index (χ3n) is 7.78. The molecule has 3 aliphatic heterocycles. The number of carbonyl (C=O) groups excluding carboxylic acids is 8. The first-order valence-corrected chi connectivity index (χ1v) is 17.8. The predicted octanol–water partition coefficient (Wildman–Crippen LogP) is -5.41. The number of amides is 7. The first kappa shape index (κ1) is 46.0. The van der Waals surface area contributed by atoms with Crippen LogP contribution in [0.3, 0.4) is 0 Å². The minimum Gasteiger partial charge on any atom is -0.435 e. The molecule has 3 aliphatic rings. The van der Waals surface area contributed by atoms with Crippen LogP contribution in [0, 0.1) is 0 Å². The second kappa shape index (κ2) is 20.7. The van der Waals surface area contributed by atoms with Gasteiger partial charge in [0.05, 0.1) is 19.0 Å². The molecule has 3 rings (SSSR count). The van der Waals surface area contributed by atoms with Crippen molar-refractivity contribution in [3.8, 4) is 0 Å². The molecular formula is C30H39N7O19S. The van der Waals surface area contributed by atoms with E-state index in [9.17, 15) is 62.1 Å². The number of carbonyl (C=O) groups is 8. The van der Waals surface area contributed by atoms with Gasteiger partial charge < -0.3 is 39.6 Å². The van der Waals surface area contributed by atoms with E-state index in [4.69, 9.17) is 23.5 Å². The zero-order valence-electron chi connectivity index (χ0n) is 30.2.